The molecule has 0 aromatic rings. The molecule has 0 aliphatic rings. The highest BCUT2D eigenvalue weighted by Crippen LogP contribution is 1.94. The molecule has 0 aromatic carbocycles. The molecule has 0 saturated carbocycles. The molecule has 0 saturated heterocycles. The van der Waals surface area contributed by atoms with Crippen LogP contribution in [0.2, 0.25) is 0 Å². The molecule has 2 heteroatoms. The molecule has 0 unspecified atom stereocenters. The van der Waals surface area contributed by atoms with Crippen LogP contribution in [-0.2, 0) is 0 Å². The van der Waals surface area contributed by atoms with Gasteiger partial charge in [0.25, 0.3) is 0 Å². The van der Waals surface area contributed by atoms with E-state index in [-0.39, 0.29) is 0 Å². The third kappa shape index (κ3) is 1.78. The molecule has 2 nitrogen and oxygen atoms in total. The molecule has 0 heterocycles. The van der Waals surface area contributed by atoms with Crippen molar-refractivity contribution in [3.05, 3.63) is 6.92 Å². The summed E-state index contributed by atoms with van der Waals surface area (Å²) in [5.41, 5.74) is 0. The van der Waals surface area contributed by atoms with Crippen LogP contribution in [0.3, 0.4) is 0 Å². The second-order valence-electron chi connectivity index (χ2n) is 1.10. The molecule has 0 aromatic heterocycles. The zero-order valence-corrected chi connectivity index (χ0v) is 3.89. The maximum atomic E-state index is 8.01. The van der Waals surface area contributed by atoms with Gasteiger partial charge in [-0.15, -0.1) is 0 Å². The Morgan fingerprint density at radius 3 is 1.86 bits per heavy atom. The van der Waals surface area contributed by atoms with Gasteiger partial charge in [0, 0.05) is 0 Å². The van der Waals surface area contributed by atoms with Crippen molar-refractivity contribution in [2.75, 3.05) is 0 Å². The number of hydrogen-bond acceptors (Lipinski definition) is 2. The summed E-state index contributed by atoms with van der Waals surface area (Å²) in [5.74, 6) is -0.514. The predicted octanol–water partition coefficient (Wildman–Crippen LogP) is 0.874. The largest absolute Gasteiger partial charge is 0.197 e. The summed E-state index contributed by atoms with van der Waals surface area (Å²) in [6, 6.07) is 3.56. The predicted molar refractivity (Wildman–Crippen MR) is 24.7 cm³/mol. The molecule has 0 bridgehead atoms. The van der Waals surface area contributed by atoms with Crippen molar-refractivity contribution < 1.29 is 0 Å². The normalized spacial score (nSPS) is 7.43. The molecule has 0 aliphatic carbocycles. The van der Waals surface area contributed by atoms with Crippen LogP contribution in [0.1, 0.15) is 6.42 Å². The zero-order chi connectivity index (χ0) is 5.70. The second-order valence-corrected chi connectivity index (χ2v) is 1.10. The number of nitrogens with zero attached hydrogens (tertiary/aromatic N) is 2. The van der Waals surface area contributed by atoms with Gasteiger partial charge in [-0.05, 0) is 6.42 Å². The van der Waals surface area contributed by atoms with Crippen molar-refractivity contribution >= 4 is 0 Å². The summed E-state index contributed by atoms with van der Waals surface area (Å²) >= 11 is 0. The van der Waals surface area contributed by atoms with Crippen molar-refractivity contribution in [3.63, 3.8) is 0 Å². The molecule has 35 valence electrons. The van der Waals surface area contributed by atoms with E-state index in [2.05, 4.69) is 6.92 Å². The van der Waals surface area contributed by atoms with Gasteiger partial charge in [-0.1, -0.05) is 6.92 Å². The molecule has 0 aliphatic heterocycles. The molecule has 0 spiro atoms. The van der Waals surface area contributed by atoms with Crippen molar-refractivity contribution in [1.29, 1.82) is 10.5 Å². The molecular formula is C5H5N2. The third-order valence-corrected chi connectivity index (χ3v) is 0.600. The van der Waals surface area contributed by atoms with Crippen LogP contribution in [0.25, 0.3) is 0 Å². The number of hydrogen-bond donors (Lipinski definition) is 0. The first-order chi connectivity index (χ1) is 3.35. The van der Waals surface area contributed by atoms with Gasteiger partial charge in [-0.25, -0.2) is 0 Å². The first-order valence-electron chi connectivity index (χ1n) is 1.93. The van der Waals surface area contributed by atoms with Gasteiger partial charge < -0.3 is 0 Å². The van der Waals surface area contributed by atoms with Gasteiger partial charge in [0.2, 0.25) is 0 Å². The lowest BCUT2D eigenvalue weighted by Crippen LogP contribution is -1.86. The quantitative estimate of drug-likeness (QED) is 0.483. The Morgan fingerprint density at radius 2 is 1.86 bits per heavy atom. The van der Waals surface area contributed by atoms with Crippen molar-refractivity contribution in [3.8, 4) is 12.1 Å². The Hall–Kier alpha value is -1.02. The molecule has 7 heavy (non-hydrogen) atoms. The van der Waals surface area contributed by atoms with E-state index in [4.69, 9.17) is 10.5 Å². The van der Waals surface area contributed by atoms with E-state index in [1.807, 2.05) is 0 Å². The fourth-order valence-corrected chi connectivity index (χ4v) is 0.158. The standard InChI is InChI=1S/C5H5N2/c1-2-5(3-6)4-7/h5H,1-2H2. The molecule has 0 fully saturated rings. The molecule has 1 radical (unpaired) electrons. The first-order valence-corrected chi connectivity index (χ1v) is 1.93. The molecule has 0 rings (SSSR count). The van der Waals surface area contributed by atoms with Crippen LogP contribution >= 0.6 is 0 Å². The van der Waals surface area contributed by atoms with Gasteiger partial charge in [0.1, 0.15) is 5.92 Å². The lowest BCUT2D eigenvalue weighted by Gasteiger charge is -1.83. The molecule has 0 amide bonds. The smallest absolute Gasteiger partial charge is 0.133 e. The average molecular weight is 93.1 g/mol. The van der Waals surface area contributed by atoms with Crippen molar-refractivity contribution in [1.82, 2.24) is 0 Å². The highest BCUT2D eigenvalue weighted by Gasteiger charge is 1.96. The maximum absolute atomic E-state index is 8.01. The maximum Gasteiger partial charge on any atom is 0.133 e. The first kappa shape index (κ1) is 5.98. The topological polar surface area (TPSA) is 47.6 Å². The Kier molecular flexibility index (Phi) is 2.72. The Labute approximate surface area is 43.0 Å². The Morgan fingerprint density at radius 1 is 1.43 bits per heavy atom. The van der Waals surface area contributed by atoms with E-state index < -0.39 is 5.92 Å². The molecular weight excluding hydrogens is 88.1 g/mol. The highest BCUT2D eigenvalue weighted by atomic mass is 14.3. The summed E-state index contributed by atoms with van der Waals surface area (Å²) < 4.78 is 0. The minimum atomic E-state index is -0.514. The summed E-state index contributed by atoms with van der Waals surface area (Å²) in [4.78, 5) is 0. The van der Waals surface area contributed by atoms with E-state index in [0.717, 1.165) is 0 Å². The van der Waals surface area contributed by atoms with Crippen LogP contribution in [0, 0.1) is 35.5 Å². The van der Waals surface area contributed by atoms with E-state index in [1.165, 1.54) is 0 Å². The minimum absolute atomic E-state index is 0.382. The minimum Gasteiger partial charge on any atom is -0.197 e. The van der Waals surface area contributed by atoms with Crippen LogP contribution in [0.5, 0.6) is 0 Å². The second kappa shape index (κ2) is 3.18. The average Bonchev–Trinajstić information content (AvgIpc) is 1.72. The summed E-state index contributed by atoms with van der Waals surface area (Å²) in [5, 5.41) is 16.0. The monoisotopic (exact) mass is 93.0 g/mol. The van der Waals surface area contributed by atoms with Gasteiger partial charge >= 0.3 is 0 Å². The van der Waals surface area contributed by atoms with Crippen LogP contribution in [-0.4, -0.2) is 0 Å². The van der Waals surface area contributed by atoms with Crippen molar-refractivity contribution in [2.45, 2.75) is 6.42 Å². The highest BCUT2D eigenvalue weighted by molar-refractivity contribution is 4.98. The van der Waals surface area contributed by atoms with E-state index in [0.29, 0.717) is 6.42 Å². The van der Waals surface area contributed by atoms with Gasteiger partial charge in [-0.2, -0.15) is 10.5 Å². The summed E-state index contributed by atoms with van der Waals surface area (Å²) in [6.45, 7) is 3.38. The van der Waals surface area contributed by atoms with E-state index in [9.17, 15) is 0 Å². The zero-order valence-electron chi connectivity index (χ0n) is 3.89. The lowest BCUT2D eigenvalue weighted by atomic mass is 10.1. The van der Waals surface area contributed by atoms with Gasteiger partial charge in [-0.3, -0.25) is 0 Å². The van der Waals surface area contributed by atoms with Crippen LogP contribution < -0.4 is 0 Å². The fraction of sp³-hybridized carbons (Fsp3) is 0.400. The Balaban J connectivity index is 3.50. The number of nitriles is 2. The van der Waals surface area contributed by atoms with Crippen LogP contribution in [0.4, 0.5) is 0 Å². The molecule has 0 N–H and O–H groups in total. The Bertz CT molecular complexity index is 101. The third-order valence-electron chi connectivity index (χ3n) is 0.600. The fourth-order valence-electron chi connectivity index (χ4n) is 0.158. The summed E-state index contributed by atoms with van der Waals surface area (Å²) in [6.07, 6.45) is 0.382. The SMILES string of the molecule is [CH2]CC(C#N)C#N. The van der Waals surface area contributed by atoms with Gasteiger partial charge in [0.15, 0.2) is 0 Å². The van der Waals surface area contributed by atoms with Gasteiger partial charge in [0.05, 0.1) is 12.1 Å². The summed E-state index contributed by atoms with van der Waals surface area (Å²) in [7, 11) is 0. The van der Waals surface area contributed by atoms with Crippen LogP contribution in [0.15, 0.2) is 0 Å². The van der Waals surface area contributed by atoms with E-state index in [1.54, 1.807) is 12.1 Å². The van der Waals surface area contributed by atoms with E-state index >= 15 is 0 Å². The van der Waals surface area contributed by atoms with Crippen molar-refractivity contribution in [2.24, 2.45) is 5.92 Å². The molecule has 0 atom stereocenters. The number of rotatable bonds is 1. The lowest BCUT2D eigenvalue weighted by molar-refractivity contribution is 0.860.